The van der Waals surface area contributed by atoms with Gasteiger partial charge in [-0.05, 0) is 39.3 Å². The molecule has 22 heavy (non-hydrogen) atoms. The summed E-state index contributed by atoms with van der Waals surface area (Å²) in [4.78, 5) is 14.7. The average Bonchev–Trinajstić information content (AvgIpc) is 3.29. The number of nitrogens with zero attached hydrogens (tertiary/aromatic N) is 1. The number of rotatable bonds is 6. The van der Waals surface area contributed by atoms with E-state index < -0.39 is 5.54 Å². The van der Waals surface area contributed by atoms with Crippen LogP contribution in [0.1, 0.15) is 32.3 Å². The van der Waals surface area contributed by atoms with Gasteiger partial charge in [0.1, 0.15) is 5.54 Å². The molecule has 0 radical (unpaired) electrons. The van der Waals surface area contributed by atoms with Crippen LogP contribution in [0.2, 0.25) is 0 Å². The number of hydrogen-bond acceptors (Lipinski definition) is 3. The Hall–Kier alpha value is -0.810. The molecule has 0 aliphatic heterocycles. The van der Waals surface area contributed by atoms with Gasteiger partial charge in [-0.1, -0.05) is 30.3 Å². The van der Waals surface area contributed by atoms with Gasteiger partial charge in [0.05, 0.1) is 0 Å². The van der Waals surface area contributed by atoms with Crippen molar-refractivity contribution in [2.24, 2.45) is 5.73 Å². The fourth-order valence-corrected chi connectivity index (χ4v) is 2.33. The maximum atomic E-state index is 12.3. The van der Waals surface area contributed by atoms with Gasteiger partial charge < -0.3 is 11.1 Å². The van der Waals surface area contributed by atoms with Crippen molar-refractivity contribution >= 4 is 30.7 Å². The maximum Gasteiger partial charge on any atom is 0.244 e. The molecular formula is C16H27Cl2N3O. The van der Waals surface area contributed by atoms with Gasteiger partial charge in [0.15, 0.2) is 0 Å². The fraction of sp³-hybridized carbons (Fsp3) is 0.562. The van der Waals surface area contributed by atoms with E-state index in [9.17, 15) is 4.79 Å². The first-order valence-electron chi connectivity index (χ1n) is 7.27. The lowest BCUT2D eigenvalue weighted by Gasteiger charge is -2.28. The van der Waals surface area contributed by atoms with Gasteiger partial charge in [-0.25, -0.2) is 0 Å². The third-order valence-corrected chi connectivity index (χ3v) is 4.22. The van der Waals surface area contributed by atoms with Crippen molar-refractivity contribution in [3.05, 3.63) is 35.9 Å². The summed E-state index contributed by atoms with van der Waals surface area (Å²) in [5.74, 6) is -0.125. The van der Waals surface area contributed by atoms with Crippen molar-refractivity contribution < 1.29 is 4.79 Å². The quantitative estimate of drug-likeness (QED) is 0.829. The Morgan fingerprint density at radius 1 is 1.36 bits per heavy atom. The van der Waals surface area contributed by atoms with E-state index in [1.54, 1.807) is 6.92 Å². The lowest BCUT2D eigenvalue weighted by atomic mass is 9.92. The molecule has 2 atom stereocenters. The molecule has 0 aromatic heterocycles. The Balaban J connectivity index is 0.00000220. The van der Waals surface area contributed by atoms with E-state index in [-0.39, 0.29) is 30.7 Å². The summed E-state index contributed by atoms with van der Waals surface area (Å²) in [5, 5.41) is 2.98. The van der Waals surface area contributed by atoms with Crippen LogP contribution in [-0.4, -0.2) is 36.5 Å². The maximum absolute atomic E-state index is 12.3. The van der Waals surface area contributed by atoms with E-state index in [1.165, 1.54) is 12.8 Å². The summed E-state index contributed by atoms with van der Waals surface area (Å²) in [5.41, 5.74) is 6.04. The highest BCUT2D eigenvalue weighted by Gasteiger charge is 2.32. The molecule has 1 fully saturated rings. The van der Waals surface area contributed by atoms with E-state index in [2.05, 4.69) is 24.2 Å². The van der Waals surface area contributed by atoms with Crippen LogP contribution in [0.15, 0.2) is 30.3 Å². The molecule has 1 aliphatic rings. The van der Waals surface area contributed by atoms with Crippen molar-refractivity contribution in [3.8, 4) is 0 Å². The lowest BCUT2D eigenvalue weighted by Crippen LogP contribution is -2.52. The van der Waals surface area contributed by atoms with Gasteiger partial charge in [0, 0.05) is 18.6 Å². The number of halogens is 2. The highest BCUT2D eigenvalue weighted by atomic mass is 35.5. The Labute approximate surface area is 145 Å². The number of carbonyl (C=O) groups excluding carboxylic acids is 1. The molecule has 4 nitrogen and oxygen atoms in total. The summed E-state index contributed by atoms with van der Waals surface area (Å²) in [6.07, 6.45) is 2.54. The monoisotopic (exact) mass is 347 g/mol. The zero-order valence-electron chi connectivity index (χ0n) is 13.4. The molecular weight excluding hydrogens is 321 g/mol. The molecule has 1 amide bonds. The van der Waals surface area contributed by atoms with E-state index in [0.717, 1.165) is 5.56 Å². The number of hydrogen-bond donors (Lipinski definition) is 2. The zero-order chi connectivity index (χ0) is 14.8. The van der Waals surface area contributed by atoms with Crippen LogP contribution in [-0.2, 0) is 10.3 Å². The van der Waals surface area contributed by atoms with Crippen LogP contribution >= 0.6 is 24.8 Å². The van der Waals surface area contributed by atoms with Gasteiger partial charge in [-0.15, -0.1) is 24.8 Å². The van der Waals surface area contributed by atoms with Crippen molar-refractivity contribution in [2.45, 2.75) is 44.3 Å². The largest absolute Gasteiger partial charge is 0.353 e. The van der Waals surface area contributed by atoms with Crippen LogP contribution in [0.25, 0.3) is 0 Å². The van der Waals surface area contributed by atoms with E-state index >= 15 is 0 Å². The normalized spacial score (nSPS) is 17.7. The summed E-state index contributed by atoms with van der Waals surface area (Å²) in [6, 6.07) is 10.5. The van der Waals surface area contributed by atoms with E-state index in [4.69, 9.17) is 5.73 Å². The molecule has 0 bridgehead atoms. The number of benzene rings is 1. The summed E-state index contributed by atoms with van der Waals surface area (Å²) in [7, 11) is 2.12. The average molecular weight is 348 g/mol. The number of amides is 1. The van der Waals surface area contributed by atoms with E-state index in [1.807, 2.05) is 30.3 Å². The highest BCUT2D eigenvalue weighted by Crippen LogP contribution is 2.26. The third kappa shape index (κ3) is 5.13. The second kappa shape index (κ2) is 8.73. The smallest absolute Gasteiger partial charge is 0.244 e. The van der Waals surface area contributed by atoms with Crippen molar-refractivity contribution in [2.75, 3.05) is 13.6 Å². The molecule has 126 valence electrons. The first-order chi connectivity index (χ1) is 9.43. The fourth-order valence-electron chi connectivity index (χ4n) is 2.33. The molecule has 0 heterocycles. The summed E-state index contributed by atoms with van der Waals surface area (Å²) >= 11 is 0. The van der Waals surface area contributed by atoms with Gasteiger partial charge in [0.2, 0.25) is 5.91 Å². The first kappa shape index (κ1) is 21.2. The van der Waals surface area contributed by atoms with E-state index in [0.29, 0.717) is 18.6 Å². The number of likely N-dealkylation sites (N-methyl/N-ethyl adjacent to an activating group) is 1. The van der Waals surface area contributed by atoms with Gasteiger partial charge in [0.25, 0.3) is 0 Å². The number of nitrogens with two attached hydrogens (primary N) is 1. The van der Waals surface area contributed by atoms with Crippen LogP contribution in [0.4, 0.5) is 0 Å². The number of nitrogens with one attached hydrogen (secondary N) is 1. The minimum atomic E-state index is -0.987. The Morgan fingerprint density at radius 3 is 2.41 bits per heavy atom. The molecule has 3 N–H and O–H groups in total. The van der Waals surface area contributed by atoms with Crippen LogP contribution in [0.5, 0.6) is 0 Å². The molecule has 0 saturated heterocycles. The molecule has 1 aliphatic carbocycles. The molecule has 1 saturated carbocycles. The molecule has 0 spiro atoms. The molecule has 2 unspecified atom stereocenters. The lowest BCUT2D eigenvalue weighted by molar-refractivity contribution is -0.126. The predicted octanol–water partition coefficient (Wildman–Crippen LogP) is 2.30. The topological polar surface area (TPSA) is 58.4 Å². The number of carbonyl (C=O) groups is 1. The highest BCUT2D eigenvalue weighted by molar-refractivity contribution is 5.87. The van der Waals surface area contributed by atoms with Gasteiger partial charge in [-0.2, -0.15) is 0 Å². The molecule has 1 aromatic rings. The minimum absolute atomic E-state index is 0. The zero-order valence-corrected chi connectivity index (χ0v) is 15.0. The van der Waals surface area contributed by atoms with Crippen molar-refractivity contribution in [1.82, 2.24) is 10.2 Å². The Morgan fingerprint density at radius 2 is 1.91 bits per heavy atom. The first-order valence-corrected chi connectivity index (χ1v) is 7.27. The summed E-state index contributed by atoms with van der Waals surface area (Å²) in [6.45, 7) is 4.52. The summed E-state index contributed by atoms with van der Waals surface area (Å²) < 4.78 is 0. The SMILES string of the molecule is CC(CNC(=O)C(C)(N)c1ccccc1)N(C)C1CC1.Cl.Cl. The molecule has 2 rings (SSSR count). The predicted molar refractivity (Wildman–Crippen MR) is 95.7 cm³/mol. The van der Waals surface area contributed by atoms with Crippen molar-refractivity contribution in [3.63, 3.8) is 0 Å². The van der Waals surface area contributed by atoms with Gasteiger partial charge >= 0.3 is 0 Å². The second-order valence-electron chi connectivity index (χ2n) is 6.02. The third-order valence-electron chi connectivity index (χ3n) is 4.22. The van der Waals surface area contributed by atoms with Crippen LogP contribution < -0.4 is 11.1 Å². The molecule has 1 aromatic carbocycles. The van der Waals surface area contributed by atoms with Gasteiger partial charge in [-0.3, -0.25) is 9.69 Å². The molecule has 6 heteroatoms. The second-order valence-corrected chi connectivity index (χ2v) is 6.02. The van der Waals surface area contributed by atoms with Crippen molar-refractivity contribution in [1.29, 1.82) is 0 Å². The van der Waals surface area contributed by atoms with Crippen LogP contribution in [0.3, 0.4) is 0 Å². The Kier molecular flexibility index (Phi) is 8.40. The van der Waals surface area contributed by atoms with Crippen LogP contribution in [0, 0.1) is 0 Å². The minimum Gasteiger partial charge on any atom is -0.353 e. The standard InChI is InChI=1S/C16H25N3O.2ClH/c1-12(19(3)14-9-10-14)11-18-15(20)16(2,17)13-7-5-4-6-8-13;;/h4-8,12,14H,9-11,17H2,1-3H3,(H,18,20);2*1H. The Bertz CT molecular complexity index is 464.